The molecule has 1 aromatic heterocycles. The third-order valence-corrected chi connectivity index (χ3v) is 11.0. The van der Waals surface area contributed by atoms with Crippen LogP contribution in [0.3, 0.4) is 0 Å². The molecule has 4 aromatic rings. The molecule has 0 unspecified atom stereocenters. The number of hydrogen-bond donors (Lipinski definition) is 3. The van der Waals surface area contributed by atoms with Crippen molar-refractivity contribution < 1.29 is 27.9 Å². The maximum absolute atomic E-state index is 13.5. The topological polar surface area (TPSA) is 128 Å². The number of benzene rings is 3. The number of carbonyl (C=O) groups excluding carboxylic acids is 2. The van der Waals surface area contributed by atoms with Gasteiger partial charge in [-0.2, -0.15) is 4.31 Å². The van der Waals surface area contributed by atoms with Crippen LogP contribution in [-0.4, -0.2) is 73.6 Å². The molecule has 3 atom stereocenters. The molecular formula is C32H36N4O6S2. The molecule has 0 radical (unpaired) electrons. The number of fused-ring (bicyclic) bond motifs is 2. The van der Waals surface area contributed by atoms with Crippen molar-refractivity contribution >= 4 is 55.4 Å². The lowest BCUT2D eigenvalue weighted by Gasteiger charge is -2.33. The Morgan fingerprint density at radius 2 is 1.89 bits per heavy atom. The van der Waals surface area contributed by atoms with Crippen molar-refractivity contribution in [1.82, 2.24) is 9.21 Å². The van der Waals surface area contributed by atoms with Crippen LogP contribution in [0.4, 0.5) is 16.2 Å². The molecule has 232 valence electrons. The Balaban J connectivity index is 1.41. The number of aliphatic hydroxyl groups excluding tert-OH is 1. The summed E-state index contributed by atoms with van der Waals surface area (Å²) in [6, 6.07) is 20.8. The van der Waals surface area contributed by atoms with Crippen molar-refractivity contribution in [2.75, 3.05) is 37.4 Å². The van der Waals surface area contributed by atoms with Gasteiger partial charge in [0.1, 0.15) is 16.1 Å². The van der Waals surface area contributed by atoms with E-state index in [2.05, 4.69) is 10.6 Å². The number of carbonyl (C=O) groups is 2. The van der Waals surface area contributed by atoms with Gasteiger partial charge in [0.2, 0.25) is 5.91 Å². The quantitative estimate of drug-likeness (QED) is 0.249. The van der Waals surface area contributed by atoms with Crippen molar-refractivity contribution in [1.29, 1.82) is 0 Å². The summed E-state index contributed by atoms with van der Waals surface area (Å²) < 4.78 is 34.4. The Morgan fingerprint density at radius 1 is 1.11 bits per heavy atom. The van der Waals surface area contributed by atoms with Crippen LogP contribution in [0.5, 0.6) is 5.75 Å². The average Bonchev–Trinajstić information content (AvgIpc) is 3.57. The second-order valence-electron chi connectivity index (χ2n) is 11.0. The van der Waals surface area contributed by atoms with E-state index in [4.69, 9.17) is 4.74 Å². The maximum atomic E-state index is 13.5. The second kappa shape index (κ2) is 13.3. The van der Waals surface area contributed by atoms with E-state index in [1.54, 1.807) is 47.5 Å². The van der Waals surface area contributed by atoms with Crippen LogP contribution in [0.15, 0.2) is 82.4 Å². The number of ether oxygens (including phenoxy) is 1. The van der Waals surface area contributed by atoms with Crippen LogP contribution in [0, 0.1) is 5.92 Å². The maximum Gasteiger partial charge on any atom is 0.323 e. The van der Waals surface area contributed by atoms with Crippen LogP contribution in [0.25, 0.3) is 10.8 Å². The van der Waals surface area contributed by atoms with Gasteiger partial charge in [0.15, 0.2) is 0 Å². The molecule has 0 aliphatic carbocycles. The Labute approximate surface area is 261 Å². The first-order valence-electron chi connectivity index (χ1n) is 14.3. The van der Waals surface area contributed by atoms with Crippen molar-refractivity contribution in [3.05, 3.63) is 83.7 Å². The number of rotatable bonds is 8. The summed E-state index contributed by atoms with van der Waals surface area (Å²) in [5, 5.41) is 19.3. The molecule has 5 rings (SSSR count). The minimum absolute atomic E-state index is 0.0249. The number of likely N-dealkylation sites (N-methyl/N-ethyl adjacent to an activating group) is 1. The van der Waals surface area contributed by atoms with E-state index in [1.165, 1.54) is 11.4 Å². The molecule has 10 nitrogen and oxygen atoms in total. The molecule has 3 aromatic carbocycles. The lowest BCUT2D eigenvalue weighted by molar-refractivity contribution is -0.134. The summed E-state index contributed by atoms with van der Waals surface area (Å²) in [6.45, 7) is 3.76. The number of nitrogens with zero attached hydrogens (tertiary/aromatic N) is 2. The molecule has 1 aliphatic heterocycles. The van der Waals surface area contributed by atoms with Crippen LogP contribution >= 0.6 is 11.3 Å². The fourth-order valence-electron chi connectivity index (χ4n) is 5.26. The molecule has 3 N–H and O–H groups in total. The van der Waals surface area contributed by atoms with E-state index in [1.807, 2.05) is 49.4 Å². The smallest absolute Gasteiger partial charge is 0.323 e. The van der Waals surface area contributed by atoms with E-state index in [0.717, 1.165) is 22.1 Å². The number of nitrogens with one attached hydrogen (secondary N) is 2. The summed E-state index contributed by atoms with van der Waals surface area (Å²) in [7, 11) is -2.22. The van der Waals surface area contributed by atoms with Gasteiger partial charge in [0.25, 0.3) is 10.0 Å². The highest BCUT2D eigenvalue weighted by molar-refractivity contribution is 7.91. The molecule has 0 saturated carbocycles. The molecule has 2 heterocycles. The van der Waals surface area contributed by atoms with Gasteiger partial charge in [-0.25, -0.2) is 13.2 Å². The van der Waals surface area contributed by atoms with Crippen LogP contribution in [0.1, 0.15) is 19.4 Å². The van der Waals surface area contributed by atoms with Crippen LogP contribution in [-0.2, 0) is 21.2 Å². The standard InChI is InChI=1S/C32H36N4O6S2/c1-21-18-36(22(2)20-37)30(38)17-24-16-25(33-32(39)34-27-11-6-9-23-8-4-5-10-26(23)27)13-14-28(24)42-29(21)19-35(3)44(40,41)31-12-7-15-43-31/h4-16,21-22,29,37H,17-20H2,1-3H3,(H2,33,34,39)/t21-,22-,29+/m0/s1. The number of anilines is 2. The average molecular weight is 637 g/mol. The molecule has 0 bridgehead atoms. The molecule has 44 heavy (non-hydrogen) atoms. The zero-order valence-corrected chi connectivity index (χ0v) is 26.4. The second-order valence-corrected chi connectivity index (χ2v) is 14.3. The first kappa shape index (κ1) is 31.5. The van der Waals surface area contributed by atoms with Gasteiger partial charge in [0, 0.05) is 36.1 Å². The largest absolute Gasteiger partial charge is 0.488 e. The summed E-state index contributed by atoms with van der Waals surface area (Å²) in [6.07, 6.45) is -0.635. The van der Waals surface area contributed by atoms with Crippen molar-refractivity contribution in [3.63, 3.8) is 0 Å². The van der Waals surface area contributed by atoms with Crippen molar-refractivity contribution in [3.8, 4) is 5.75 Å². The lowest BCUT2D eigenvalue weighted by Crippen LogP contribution is -2.48. The van der Waals surface area contributed by atoms with E-state index in [9.17, 15) is 23.1 Å². The van der Waals surface area contributed by atoms with Crippen molar-refractivity contribution in [2.24, 2.45) is 5.92 Å². The van der Waals surface area contributed by atoms with Crippen molar-refractivity contribution in [2.45, 2.75) is 36.6 Å². The van der Waals surface area contributed by atoms with Gasteiger partial charge in [-0.3, -0.25) is 4.79 Å². The van der Waals surface area contributed by atoms with E-state index in [0.29, 0.717) is 22.7 Å². The lowest BCUT2D eigenvalue weighted by atomic mass is 10.0. The van der Waals surface area contributed by atoms with Crippen LogP contribution < -0.4 is 15.4 Å². The Morgan fingerprint density at radius 3 is 2.64 bits per heavy atom. The number of hydrogen-bond acceptors (Lipinski definition) is 7. The first-order valence-corrected chi connectivity index (χ1v) is 16.6. The first-order chi connectivity index (χ1) is 21.1. The van der Waals surface area contributed by atoms with Gasteiger partial charge >= 0.3 is 6.03 Å². The monoisotopic (exact) mass is 636 g/mol. The summed E-state index contributed by atoms with van der Waals surface area (Å²) in [5.74, 6) is -0.0550. The van der Waals surface area contributed by atoms with Gasteiger partial charge < -0.3 is 25.4 Å². The number of thiophene rings is 1. The molecule has 12 heteroatoms. The fraction of sp³-hybridized carbons (Fsp3) is 0.312. The highest BCUT2D eigenvalue weighted by Crippen LogP contribution is 2.31. The molecule has 0 saturated heterocycles. The highest BCUT2D eigenvalue weighted by Gasteiger charge is 2.33. The number of amides is 3. The molecule has 1 aliphatic rings. The fourth-order valence-corrected chi connectivity index (χ4v) is 7.64. The molecule has 0 fully saturated rings. The number of sulfonamides is 1. The summed E-state index contributed by atoms with van der Waals surface area (Å²) in [4.78, 5) is 28.1. The van der Waals surface area contributed by atoms with Gasteiger partial charge in [-0.1, -0.05) is 49.4 Å². The predicted molar refractivity (Wildman–Crippen MR) is 173 cm³/mol. The SMILES string of the molecule is C[C@H]1CN([C@@H](C)CO)C(=O)Cc2cc(NC(=O)Nc3cccc4ccccc34)ccc2O[C@@H]1CN(C)S(=O)(=O)c1cccs1. The highest BCUT2D eigenvalue weighted by atomic mass is 32.2. The Hall–Kier alpha value is -3.97. The van der Waals surface area contributed by atoms with Gasteiger partial charge in [0.05, 0.1) is 31.3 Å². The zero-order chi connectivity index (χ0) is 31.4. The van der Waals surface area contributed by atoms with E-state index in [-0.39, 0.29) is 42.2 Å². The van der Waals surface area contributed by atoms with Crippen LogP contribution in [0.2, 0.25) is 0 Å². The van der Waals surface area contributed by atoms with Gasteiger partial charge in [-0.15, -0.1) is 11.3 Å². The third-order valence-electron chi connectivity index (χ3n) is 7.81. The summed E-state index contributed by atoms with van der Waals surface area (Å²) >= 11 is 1.14. The van der Waals surface area contributed by atoms with Gasteiger partial charge in [-0.05, 0) is 48.0 Å². The number of aliphatic hydroxyl groups is 1. The molecular weight excluding hydrogens is 601 g/mol. The predicted octanol–water partition coefficient (Wildman–Crippen LogP) is 5.02. The normalized spacial score (nSPS) is 18.1. The Kier molecular flexibility index (Phi) is 9.54. The zero-order valence-electron chi connectivity index (χ0n) is 24.8. The third kappa shape index (κ3) is 6.88. The Bertz CT molecular complexity index is 1740. The van der Waals surface area contributed by atoms with E-state index >= 15 is 0 Å². The molecule has 3 amide bonds. The van der Waals surface area contributed by atoms with E-state index < -0.39 is 28.2 Å². The minimum atomic E-state index is -3.73. The molecule has 0 spiro atoms. The minimum Gasteiger partial charge on any atom is -0.488 e. The number of urea groups is 1. The summed E-state index contributed by atoms with van der Waals surface area (Å²) in [5.41, 5.74) is 1.66.